The quantitative estimate of drug-likeness (QED) is 0.402. The standard InChI is InChI=1S/C13H15NO4/c1-6(13(17)18-2)14-11(15)9-7-3-4-8(5-7)10(9)12(14)16/h3-4,6-10H,5H2,1-2H3. The van der Waals surface area contributed by atoms with Crippen molar-refractivity contribution in [3.63, 3.8) is 0 Å². The minimum absolute atomic E-state index is 0.172. The molecule has 0 aromatic heterocycles. The molecular weight excluding hydrogens is 234 g/mol. The summed E-state index contributed by atoms with van der Waals surface area (Å²) in [4.78, 5) is 37.2. The lowest BCUT2D eigenvalue weighted by molar-refractivity contribution is -0.156. The van der Waals surface area contributed by atoms with Gasteiger partial charge in [-0.15, -0.1) is 0 Å². The number of carbonyl (C=O) groups excluding carboxylic acids is 3. The molecule has 0 spiro atoms. The molecule has 3 rings (SSSR count). The van der Waals surface area contributed by atoms with Crippen LogP contribution in [0.2, 0.25) is 0 Å². The Hall–Kier alpha value is -1.65. The van der Waals surface area contributed by atoms with E-state index in [1.54, 1.807) is 0 Å². The van der Waals surface area contributed by atoms with Crippen molar-refractivity contribution in [1.82, 2.24) is 4.90 Å². The van der Waals surface area contributed by atoms with Crippen molar-refractivity contribution in [2.24, 2.45) is 23.7 Å². The zero-order valence-electron chi connectivity index (χ0n) is 10.3. The van der Waals surface area contributed by atoms with E-state index in [2.05, 4.69) is 4.74 Å². The highest BCUT2D eigenvalue weighted by Crippen LogP contribution is 2.52. The lowest BCUT2D eigenvalue weighted by atomic mass is 9.85. The van der Waals surface area contributed by atoms with Crippen molar-refractivity contribution >= 4 is 17.8 Å². The number of fused-ring (bicyclic) bond motifs is 5. The predicted molar refractivity (Wildman–Crippen MR) is 61.0 cm³/mol. The minimum Gasteiger partial charge on any atom is -0.467 e. The van der Waals surface area contributed by atoms with Crippen LogP contribution in [0.25, 0.3) is 0 Å². The number of amides is 2. The van der Waals surface area contributed by atoms with Gasteiger partial charge in [0.2, 0.25) is 11.8 Å². The van der Waals surface area contributed by atoms with E-state index in [1.165, 1.54) is 14.0 Å². The van der Waals surface area contributed by atoms with Crippen molar-refractivity contribution in [2.75, 3.05) is 7.11 Å². The van der Waals surface area contributed by atoms with Gasteiger partial charge in [0.25, 0.3) is 0 Å². The lowest BCUT2D eigenvalue weighted by Crippen LogP contribution is -2.45. The Morgan fingerprint density at radius 3 is 2.22 bits per heavy atom. The van der Waals surface area contributed by atoms with Gasteiger partial charge >= 0.3 is 5.97 Å². The Morgan fingerprint density at radius 2 is 1.78 bits per heavy atom. The first-order chi connectivity index (χ1) is 8.56. The van der Waals surface area contributed by atoms with Crippen LogP contribution in [0.3, 0.4) is 0 Å². The number of ether oxygens (including phenoxy) is 1. The normalized spacial score (nSPS) is 38.2. The van der Waals surface area contributed by atoms with Gasteiger partial charge in [0.05, 0.1) is 18.9 Å². The van der Waals surface area contributed by atoms with Crippen molar-refractivity contribution in [3.05, 3.63) is 12.2 Å². The third kappa shape index (κ3) is 1.24. The third-order valence-electron chi connectivity index (χ3n) is 4.43. The number of rotatable bonds is 2. The maximum atomic E-state index is 12.3. The molecule has 5 atom stereocenters. The number of nitrogens with zero attached hydrogens (tertiary/aromatic N) is 1. The Labute approximate surface area is 105 Å². The molecule has 3 aliphatic rings. The molecular formula is C13H15NO4. The van der Waals surface area contributed by atoms with E-state index in [-0.39, 0.29) is 35.5 Å². The SMILES string of the molecule is COC(=O)C(C)N1C(=O)C2C3C=CC(C3)C2C1=O. The van der Waals surface area contributed by atoms with Crippen LogP contribution in [-0.2, 0) is 19.1 Å². The summed E-state index contributed by atoms with van der Waals surface area (Å²) in [6, 6.07) is -0.819. The number of likely N-dealkylation sites (tertiary alicyclic amines) is 1. The first-order valence-electron chi connectivity index (χ1n) is 6.19. The van der Waals surface area contributed by atoms with Crippen molar-refractivity contribution in [3.8, 4) is 0 Å². The molecule has 5 nitrogen and oxygen atoms in total. The van der Waals surface area contributed by atoms with Gasteiger partial charge in [0.15, 0.2) is 0 Å². The van der Waals surface area contributed by atoms with Crippen molar-refractivity contribution in [1.29, 1.82) is 0 Å². The van der Waals surface area contributed by atoms with Gasteiger partial charge in [-0.1, -0.05) is 12.2 Å². The molecule has 1 aliphatic heterocycles. The Bertz CT molecular complexity index is 440. The van der Waals surface area contributed by atoms with Gasteiger partial charge in [0.1, 0.15) is 6.04 Å². The van der Waals surface area contributed by atoms with Crippen LogP contribution in [0, 0.1) is 23.7 Å². The average molecular weight is 249 g/mol. The highest BCUT2D eigenvalue weighted by Gasteiger charge is 2.60. The Morgan fingerprint density at radius 1 is 1.28 bits per heavy atom. The lowest BCUT2D eigenvalue weighted by Gasteiger charge is -2.22. The molecule has 18 heavy (non-hydrogen) atoms. The van der Waals surface area contributed by atoms with Crippen LogP contribution in [0.4, 0.5) is 0 Å². The van der Waals surface area contributed by atoms with Crippen LogP contribution < -0.4 is 0 Å². The second-order valence-corrected chi connectivity index (χ2v) is 5.25. The van der Waals surface area contributed by atoms with Crippen molar-refractivity contribution in [2.45, 2.75) is 19.4 Å². The zero-order valence-corrected chi connectivity index (χ0v) is 10.3. The van der Waals surface area contributed by atoms with Crippen molar-refractivity contribution < 1.29 is 19.1 Å². The Balaban J connectivity index is 1.90. The molecule has 1 saturated carbocycles. The summed E-state index contributed by atoms with van der Waals surface area (Å²) in [6.07, 6.45) is 4.96. The zero-order chi connectivity index (χ0) is 13.0. The fourth-order valence-electron chi connectivity index (χ4n) is 3.58. The van der Waals surface area contributed by atoms with E-state index in [0.29, 0.717) is 0 Å². The summed E-state index contributed by atoms with van der Waals surface area (Å²) in [7, 11) is 1.26. The van der Waals surface area contributed by atoms with Crippen LogP contribution in [-0.4, -0.2) is 35.8 Å². The van der Waals surface area contributed by atoms with Gasteiger partial charge < -0.3 is 4.74 Å². The van der Waals surface area contributed by atoms with Crippen LogP contribution in [0.15, 0.2) is 12.2 Å². The molecule has 1 heterocycles. The van der Waals surface area contributed by atoms with Gasteiger partial charge in [-0.05, 0) is 25.2 Å². The van der Waals surface area contributed by atoms with Gasteiger partial charge in [-0.25, -0.2) is 4.79 Å². The highest BCUT2D eigenvalue weighted by molar-refractivity contribution is 6.08. The smallest absolute Gasteiger partial charge is 0.328 e. The fourth-order valence-corrected chi connectivity index (χ4v) is 3.58. The highest BCUT2D eigenvalue weighted by atomic mass is 16.5. The number of methoxy groups -OCH3 is 1. The fraction of sp³-hybridized carbons (Fsp3) is 0.615. The second kappa shape index (κ2) is 3.67. The number of imide groups is 1. The molecule has 96 valence electrons. The van der Waals surface area contributed by atoms with E-state index >= 15 is 0 Å². The first kappa shape index (κ1) is 11.4. The monoisotopic (exact) mass is 249 g/mol. The molecule has 2 amide bonds. The largest absolute Gasteiger partial charge is 0.467 e. The topological polar surface area (TPSA) is 63.7 Å². The molecule has 1 saturated heterocycles. The van der Waals surface area contributed by atoms with Crippen LogP contribution >= 0.6 is 0 Å². The van der Waals surface area contributed by atoms with Gasteiger partial charge in [0, 0.05) is 0 Å². The van der Waals surface area contributed by atoms with Crippen LogP contribution in [0.1, 0.15) is 13.3 Å². The third-order valence-corrected chi connectivity index (χ3v) is 4.43. The number of hydrogen-bond donors (Lipinski definition) is 0. The molecule has 0 aromatic rings. The summed E-state index contributed by atoms with van der Waals surface area (Å²) in [5.41, 5.74) is 0. The summed E-state index contributed by atoms with van der Waals surface area (Å²) in [5, 5.41) is 0. The molecule has 2 fully saturated rings. The first-order valence-corrected chi connectivity index (χ1v) is 6.19. The molecule has 5 heteroatoms. The number of carbonyl (C=O) groups is 3. The average Bonchev–Trinajstić information content (AvgIpc) is 3.02. The minimum atomic E-state index is -0.819. The molecule has 5 unspecified atom stereocenters. The second-order valence-electron chi connectivity index (χ2n) is 5.25. The predicted octanol–water partition coefficient (Wildman–Crippen LogP) is 0.355. The summed E-state index contributed by atoms with van der Waals surface area (Å²) in [5.74, 6) is -1.12. The maximum Gasteiger partial charge on any atom is 0.328 e. The van der Waals surface area contributed by atoms with E-state index in [1.807, 2.05) is 12.2 Å². The molecule has 2 aliphatic carbocycles. The molecule has 0 aromatic carbocycles. The summed E-state index contributed by atoms with van der Waals surface area (Å²) < 4.78 is 4.61. The Kier molecular flexibility index (Phi) is 2.33. The van der Waals surface area contributed by atoms with Crippen LogP contribution in [0.5, 0.6) is 0 Å². The number of hydrogen-bond acceptors (Lipinski definition) is 4. The van der Waals surface area contributed by atoms with Gasteiger partial charge in [-0.3, -0.25) is 14.5 Å². The molecule has 0 radical (unpaired) electrons. The number of esters is 1. The van der Waals surface area contributed by atoms with E-state index in [4.69, 9.17) is 0 Å². The van der Waals surface area contributed by atoms with Gasteiger partial charge in [-0.2, -0.15) is 0 Å². The molecule has 0 N–H and O–H groups in total. The maximum absolute atomic E-state index is 12.3. The van der Waals surface area contributed by atoms with E-state index < -0.39 is 12.0 Å². The van der Waals surface area contributed by atoms with E-state index in [9.17, 15) is 14.4 Å². The number of allylic oxidation sites excluding steroid dienone is 2. The summed E-state index contributed by atoms with van der Waals surface area (Å²) >= 11 is 0. The summed E-state index contributed by atoms with van der Waals surface area (Å²) in [6.45, 7) is 1.54. The van der Waals surface area contributed by atoms with E-state index in [0.717, 1.165) is 11.3 Å². The molecule has 2 bridgehead atoms.